The first kappa shape index (κ1) is 24.0. The fraction of sp³-hybridized carbons (Fsp3) is 0. The first-order chi connectivity index (χ1) is 17.9. The normalized spacial score (nSPS) is 11.0. The summed E-state index contributed by atoms with van der Waals surface area (Å²) in [5.74, 6) is -0.161. The summed E-state index contributed by atoms with van der Waals surface area (Å²) in [6.45, 7) is 0. The van der Waals surface area contributed by atoms with E-state index < -0.39 is 16.0 Å². The SMILES string of the molecule is N#Cc1cc(S(=O)(=O)Nc2nccs2)ccc1Oc1cnc(-c2ccc(F)nc2)cc1-c1cccnc1. The Morgan fingerprint density at radius 3 is 2.54 bits per heavy atom. The van der Waals surface area contributed by atoms with Gasteiger partial charge in [0.05, 0.1) is 22.3 Å². The van der Waals surface area contributed by atoms with Crippen LogP contribution in [0, 0.1) is 17.3 Å². The zero-order valence-electron chi connectivity index (χ0n) is 18.7. The molecule has 0 fully saturated rings. The minimum atomic E-state index is -3.96. The van der Waals surface area contributed by atoms with Crippen molar-refractivity contribution >= 4 is 26.5 Å². The van der Waals surface area contributed by atoms with Crippen LogP contribution in [0.15, 0.2) is 89.8 Å². The summed E-state index contributed by atoms with van der Waals surface area (Å²) in [4.78, 5) is 16.1. The Morgan fingerprint density at radius 1 is 0.946 bits per heavy atom. The fourth-order valence-electron chi connectivity index (χ4n) is 3.38. The van der Waals surface area contributed by atoms with E-state index in [4.69, 9.17) is 4.74 Å². The monoisotopic (exact) mass is 530 g/mol. The lowest BCUT2D eigenvalue weighted by Gasteiger charge is -2.14. The molecule has 0 atom stereocenters. The van der Waals surface area contributed by atoms with Crippen molar-refractivity contribution in [2.24, 2.45) is 0 Å². The number of hydrogen-bond acceptors (Lipinski definition) is 9. The maximum Gasteiger partial charge on any atom is 0.263 e. The molecule has 0 spiro atoms. The molecule has 0 unspecified atom stereocenters. The number of halogens is 1. The van der Waals surface area contributed by atoms with Crippen molar-refractivity contribution in [1.29, 1.82) is 5.26 Å². The molecule has 4 heterocycles. The summed E-state index contributed by atoms with van der Waals surface area (Å²) in [7, 11) is -3.96. The van der Waals surface area contributed by atoms with Gasteiger partial charge in [-0.05, 0) is 42.5 Å². The second-order valence-corrected chi connectivity index (χ2v) is 10.1. The van der Waals surface area contributed by atoms with Crippen molar-refractivity contribution in [3.05, 3.63) is 96.4 Å². The molecule has 0 aliphatic heterocycles. The maximum absolute atomic E-state index is 13.3. The molecule has 1 aromatic carbocycles. The van der Waals surface area contributed by atoms with Gasteiger partial charge >= 0.3 is 0 Å². The summed E-state index contributed by atoms with van der Waals surface area (Å²) >= 11 is 1.13. The minimum absolute atomic E-state index is 0.00552. The number of rotatable bonds is 7. The third kappa shape index (κ3) is 5.27. The van der Waals surface area contributed by atoms with Crippen LogP contribution in [0.5, 0.6) is 11.5 Å². The summed E-state index contributed by atoms with van der Waals surface area (Å²) in [5.41, 5.74) is 2.44. The van der Waals surface area contributed by atoms with Crippen molar-refractivity contribution in [3.63, 3.8) is 0 Å². The number of thiazole rings is 1. The van der Waals surface area contributed by atoms with Crippen molar-refractivity contribution in [1.82, 2.24) is 19.9 Å². The van der Waals surface area contributed by atoms with Gasteiger partial charge in [-0.1, -0.05) is 6.07 Å². The summed E-state index contributed by atoms with van der Waals surface area (Å²) in [6, 6.07) is 14.1. The van der Waals surface area contributed by atoms with Crippen LogP contribution >= 0.6 is 11.3 Å². The lowest BCUT2D eigenvalue weighted by molar-refractivity contribution is 0.480. The van der Waals surface area contributed by atoms with Gasteiger partial charge in [-0.2, -0.15) is 9.65 Å². The molecule has 9 nitrogen and oxygen atoms in total. The molecule has 0 radical (unpaired) electrons. The smallest absolute Gasteiger partial charge is 0.263 e. The molecule has 0 aliphatic carbocycles. The second-order valence-electron chi connectivity index (χ2n) is 7.49. The van der Waals surface area contributed by atoms with E-state index in [2.05, 4.69) is 24.7 Å². The molecule has 0 saturated carbocycles. The highest BCUT2D eigenvalue weighted by molar-refractivity contribution is 7.93. The van der Waals surface area contributed by atoms with Crippen molar-refractivity contribution in [3.8, 4) is 40.0 Å². The molecule has 182 valence electrons. The topological polar surface area (TPSA) is 131 Å². The standard InChI is InChI=1S/C25H15FN6O3S2/c26-24-6-3-17(14-31-24)21-11-20(16-2-1-7-28-13-16)23(15-30-21)35-22-5-4-19(10-18(22)12-27)37(33,34)32-25-29-8-9-36-25/h1-11,13-15H,(H,29,32). The number of benzene rings is 1. The Bertz CT molecular complexity index is 1710. The molecule has 37 heavy (non-hydrogen) atoms. The zero-order chi connectivity index (χ0) is 25.8. The summed E-state index contributed by atoms with van der Waals surface area (Å²) in [6.07, 6.45) is 7.59. The van der Waals surface area contributed by atoms with Crippen molar-refractivity contribution < 1.29 is 17.5 Å². The van der Waals surface area contributed by atoms with Gasteiger partial charge in [-0.25, -0.2) is 18.4 Å². The van der Waals surface area contributed by atoms with E-state index in [9.17, 15) is 18.1 Å². The Morgan fingerprint density at radius 2 is 1.84 bits per heavy atom. The number of anilines is 1. The van der Waals surface area contributed by atoms with Gasteiger partial charge in [-0.3, -0.25) is 14.7 Å². The predicted octanol–water partition coefficient (Wildman–Crippen LogP) is 5.27. The maximum atomic E-state index is 13.3. The first-order valence-electron chi connectivity index (χ1n) is 10.6. The summed E-state index contributed by atoms with van der Waals surface area (Å²) in [5, 5.41) is 11.6. The minimum Gasteiger partial charge on any atom is -0.454 e. The van der Waals surface area contributed by atoms with E-state index in [-0.39, 0.29) is 21.3 Å². The van der Waals surface area contributed by atoms with Crippen molar-refractivity contribution in [2.75, 3.05) is 4.72 Å². The highest BCUT2D eigenvalue weighted by Crippen LogP contribution is 2.36. The van der Waals surface area contributed by atoms with Gasteiger partial charge < -0.3 is 4.74 Å². The van der Waals surface area contributed by atoms with Crippen LogP contribution in [0.1, 0.15) is 5.56 Å². The quantitative estimate of drug-likeness (QED) is 0.282. The fourth-order valence-corrected chi connectivity index (χ4v) is 5.19. The Kier molecular flexibility index (Phi) is 6.55. The molecular weight excluding hydrogens is 515 g/mol. The molecule has 0 amide bonds. The third-order valence-electron chi connectivity index (χ3n) is 5.12. The van der Waals surface area contributed by atoms with Gasteiger partial charge in [0, 0.05) is 46.9 Å². The van der Waals surface area contributed by atoms with E-state index in [0.29, 0.717) is 28.1 Å². The second kappa shape index (κ2) is 10.1. The largest absolute Gasteiger partial charge is 0.454 e. The highest BCUT2D eigenvalue weighted by atomic mass is 32.2. The van der Waals surface area contributed by atoms with Crippen LogP contribution in [0.25, 0.3) is 22.4 Å². The molecule has 5 rings (SSSR count). The van der Waals surface area contributed by atoms with Gasteiger partial charge in [0.15, 0.2) is 10.9 Å². The van der Waals surface area contributed by atoms with Crippen LogP contribution in [-0.2, 0) is 10.0 Å². The van der Waals surface area contributed by atoms with E-state index in [0.717, 1.165) is 11.3 Å². The number of hydrogen-bond donors (Lipinski definition) is 1. The first-order valence-corrected chi connectivity index (χ1v) is 13.0. The number of ether oxygens (including phenoxy) is 1. The van der Waals surface area contributed by atoms with Gasteiger partial charge in [-0.15, -0.1) is 11.3 Å². The van der Waals surface area contributed by atoms with E-state index in [1.807, 2.05) is 12.1 Å². The van der Waals surface area contributed by atoms with Crippen LogP contribution in [0.3, 0.4) is 0 Å². The average Bonchev–Trinajstić information content (AvgIpc) is 3.42. The molecule has 0 saturated heterocycles. The van der Waals surface area contributed by atoms with Gasteiger partial charge in [0.2, 0.25) is 5.95 Å². The highest BCUT2D eigenvalue weighted by Gasteiger charge is 2.19. The van der Waals surface area contributed by atoms with Crippen LogP contribution < -0.4 is 9.46 Å². The molecule has 4 aromatic heterocycles. The lowest BCUT2D eigenvalue weighted by atomic mass is 10.0. The van der Waals surface area contributed by atoms with E-state index in [1.54, 1.807) is 36.0 Å². The van der Waals surface area contributed by atoms with Crippen LogP contribution in [0.2, 0.25) is 0 Å². The number of pyridine rings is 3. The Balaban J connectivity index is 1.52. The number of nitrogens with zero attached hydrogens (tertiary/aromatic N) is 5. The number of sulfonamides is 1. The molecule has 12 heteroatoms. The van der Waals surface area contributed by atoms with Crippen LogP contribution in [-0.4, -0.2) is 28.4 Å². The lowest BCUT2D eigenvalue weighted by Crippen LogP contribution is -2.13. The van der Waals surface area contributed by atoms with Gasteiger partial charge in [0.25, 0.3) is 10.0 Å². The third-order valence-corrected chi connectivity index (χ3v) is 7.27. The average molecular weight is 531 g/mol. The molecule has 5 aromatic rings. The Labute approximate surface area is 215 Å². The number of nitrogens with one attached hydrogen (secondary N) is 1. The zero-order valence-corrected chi connectivity index (χ0v) is 20.4. The molecular formula is C25H15FN6O3S2. The number of nitriles is 1. The predicted molar refractivity (Wildman–Crippen MR) is 135 cm³/mol. The number of aromatic nitrogens is 4. The van der Waals surface area contributed by atoms with E-state index in [1.165, 1.54) is 42.9 Å². The van der Waals surface area contributed by atoms with Crippen LogP contribution in [0.4, 0.5) is 9.52 Å². The molecule has 0 aliphatic rings. The van der Waals surface area contributed by atoms with Gasteiger partial charge in [0.1, 0.15) is 11.8 Å². The van der Waals surface area contributed by atoms with Crippen molar-refractivity contribution in [2.45, 2.75) is 4.90 Å². The van der Waals surface area contributed by atoms with E-state index >= 15 is 0 Å². The summed E-state index contributed by atoms with van der Waals surface area (Å²) < 4.78 is 47.2. The molecule has 0 bridgehead atoms. The molecule has 1 N–H and O–H groups in total. The Hall–Kier alpha value is -4.73.